The van der Waals surface area contributed by atoms with Crippen molar-refractivity contribution in [2.75, 3.05) is 7.11 Å². The van der Waals surface area contributed by atoms with Gasteiger partial charge in [-0.2, -0.15) is 5.10 Å². The summed E-state index contributed by atoms with van der Waals surface area (Å²) in [5, 5.41) is 4.16. The largest absolute Gasteiger partial charge is 0.497 e. The number of methoxy groups -OCH3 is 1. The molecule has 4 nitrogen and oxygen atoms in total. The van der Waals surface area contributed by atoms with Gasteiger partial charge in [0.05, 0.1) is 18.4 Å². The van der Waals surface area contributed by atoms with Crippen molar-refractivity contribution >= 4 is 5.78 Å². The zero-order valence-corrected chi connectivity index (χ0v) is 10.1. The Bertz CT molecular complexity index is 558. The number of aromatic nitrogens is 2. The fourth-order valence-electron chi connectivity index (χ4n) is 1.74. The van der Waals surface area contributed by atoms with Crippen LogP contribution in [0.5, 0.6) is 5.75 Å². The summed E-state index contributed by atoms with van der Waals surface area (Å²) in [7, 11) is 3.38. The Hall–Kier alpha value is -2.10. The zero-order chi connectivity index (χ0) is 12.4. The van der Waals surface area contributed by atoms with Crippen LogP contribution in [0.2, 0.25) is 0 Å². The fourth-order valence-corrected chi connectivity index (χ4v) is 1.74. The molecule has 0 bridgehead atoms. The first kappa shape index (κ1) is 11.4. The molecule has 0 unspecified atom stereocenters. The summed E-state index contributed by atoms with van der Waals surface area (Å²) >= 11 is 0. The Morgan fingerprint density at radius 1 is 1.41 bits per heavy atom. The van der Waals surface area contributed by atoms with E-state index in [1.165, 1.54) is 0 Å². The molecule has 0 amide bonds. The van der Waals surface area contributed by atoms with Crippen LogP contribution in [0, 0.1) is 6.92 Å². The lowest BCUT2D eigenvalue weighted by atomic mass is 10.0. The number of ether oxygens (including phenoxy) is 1. The minimum atomic E-state index is -0.0329. The molecule has 2 aromatic rings. The number of hydrogen-bond acceptors (Lipinski definition) is 3. The summed E-state index contributed by atoms with van der Waals surface area (Å²) in [6, 6.07) is 7.12. The third-order valence-electron chi connectivity index (χ3n) is 2.59. The topological polar surface area (TPSA) is 44.1 Å². The molecule has 2 rings (SSSR count). The maximum absolute atomic E-state index is 12.2. The average molecular weight is 230 g/mol. The van der Waals surface area contributed by atoms with Gasteiger partial charge >= 0.3 is 0 Å². The van der Waals surface area contributed by atoms with E-state index in [2.05, 4.69) is 5.10 Å². The van der Waals surface area contributed by atoms with Gasteiger partial charge in [-0.05, 0) is 19.1 Å². The fraction of sp³-hybridized carbons (Fsp3) is 0.231. The molecule has 1 aromatic heterocycles. The summed E-state index contributed by atoms with van der Waals surface area (Å²) in [5.41, 5.74) is 1.97. The van der Waals surface area contributed by atoms with Crippen molar-refractivity contribution in [2.45, 2.75) is 6.92 Å². The van der Waals surface area contributed by atoms with Gasteiger partial charge in [0, 0.05) is 18.8 Å². The standard InChI is InChI=1S/C13H14N2O2/c1-9-12(8-15(2)14-9)13(16)10-5-4-6-11(7-10)17-3/h4-8H,1-3H3. The van der Waals surface area contributed by atoms with Crippen LogP contribution in [0.1, 0.15) is 21.6 Å². The molecule has 0 N–H and O–H groups in total. The van der Waals surface area contributed by atoms with Gasteiger partial charge in [-0.3, -0.25) is 9.48 Å². The second-order valence-corrected chi connectivity index (χ2v) is 3.86. The summed E-state index contributed by atoms with van der Waals surface area (Å²) in [6.45, 7) is 1.83. The minimum Gasteiger partial charge on any atom is -0.497 e. The van der Waals surface area contributed by atoms with Crippen molar-refractivity contribution in [1.82, 2.24) is 9.78 Å². The monoisotopic (exact) mass is 230 g/mol. The van der Waals surface area contributed by atoms with E-state index < -0.39 is 0 Å². The lowest BCUT2D eigenvalue weighted by molar-refractivity contribution is 0.103. The predicted octanol–water partition coefficient (Wildman–Crippen LogP) is 1.97. The first-order valence-corrected chi connectivity index (χ1v) is 5.31. The molecule has 0 saturated heterocycles. The molecule has 0 radical (unpaired) electrons. The third kappa shape index (κ3) is 2.20. The van der Waals surface area contributed by atoms with Gasteiger partial charge in [0.25, 0.3) is 0 Å². The van der Waals surface area contributed by atoms with E-state index in [1.807, 2.05) is 13.0 Å². The van der Waals surface area contributed by atoms with Gasteiger partial charge < -0.3 is 4.74 Å². The minimum absolute atomic E-state index is 0.0329. The van der Waals surface area contributed by atoms with Gasteiger partial charge in [0.2, 0.25) is 0 Å². The zero-order valence-electron chi connectivity index (χ0n) is 10.1. The van der Waals surface area contributed by atoms with Crippen molar-refractivity contribution in [3.8, 4) is 5.75 Å². The van der Waals surface area contributed by atoms with Crippen molar-refractivity contribution < 1.29 is 9.53 Å². The molecule has 0 aliphatic carbocycles. The number of hydrogen-bond donors (Lipinski definition) is 0. The Morgan fingerprint density at radius 2 is 2.18 bits per heavy atom. The molecule has 1 heterocycles. The van der Waals surface area contributed by atoms with Gasteiger partial charge in [-0.25, -0.2) is 0 Å². The van der Waals surface area contributed by atoms with Crippen molar-refractivity contribution in [2.24, 2.45) is 7.05 Å². The number of carbonyl (C=O) groups is 1. The normalized spacial score (nSPS) is 10.3. The first-order valence-electron chi connectivity index (χ1n) is 5.31. The molecule has 88 valence electrons. The molecular weight excluding hydrogens is 216 g/mol. The van der Waals surface area contributed by atoms with Gasteiger partial charge in [-0.1, -0.05) is 12.1 Å². The highest BCUT2D eigenvalue weighted by atomic mass is 16.5. The van der Waals surface area contributed by atoms with Crippen LogP contribution in [-0.2, 0) is 7.05 Å². The SMILES string of the molecule is COc1cccc(C(=O)c2cn(C)nc2C)c1. The van der Waals surface area contributed by atoms with E-state index in [1.54, 1.807) is 43.2 Å². The second kappa shape index (κ2) is 4.41. The van der Waals surface area contributed by atoms with Gasteiger partial charge in [0.15, 0.2) is 5.78 Å². The smallest absolute Gasteiger partial charge is 0.196 e. The second-order valence-electron chi connectivity index (χ2n) is 3.86. The lowest BCUT2D eigenvalue weighted by Crippen LogP contribution is -2.02. The van der Waals surface area contributed by atoms with Crippen molar-refractivity contribution in [3.05, 3.63) is 47.3 Å². The average Bonchev–Trinajstić information content (AvgIpc) is 2.67. The highest BCUT2D eigenvalue weighted by Crippen LogP contribution is 2.17. The number of nitrogens with zero attached hydrogens (tertiary/aromatic N) is 2. The maximum Gasteiger partial charge on any atom is 0.196 e. The van der Waals surface area contributed by atoms with E-state index in [0.29, 0.717) is 16.9 Å². The van der Waals surface area contributed by atoms with Crippen LogP contribution >= 0.6 is 0 Å². The van der Waals surface area contributed by atoms with Crippen LogP contribution in [0.4, 0.5) is 0 Å². The van der Waals surface area contributed by atoms with Crippen LogP contribution in [0.25, 0.3) is 0 Å². The molecule has 0 aliphatic rings. The molecule has 0 spiro atoms. The number of rotatable bonds is 3. The van der Waals surface area contributed by atoms with E-state index in [0.717, 1.165) is 5.69 Å². The molecule has 4 heteroatoms. The summed E-state index contributed by atoms with van der Waals surface area (Å²) < 4.78 is 6.74. The van der Waals surface area contributed by atoms with E-state index in [4.69, 9.17) is 4.74 Å². The third-order valence-corrected chi connectivity index (χ3v) is 2.59. The van der Waals surface area contributed by atoms with E-state index in [9.17, 15) is 4.79 Å². The van der Waals surface area contributed by atoms with E-state index >= 15 is 0 Å². The summed E-state index contributed by atoms with van der Waals surface area (Å²) in [6.07, 6.45) is 1.73. The highest BCUT2D eigenvalue weighted by molar-refractivity contribution is 6.09. The summed E-state index contributed by atoms with van der Waals surface area (Å²) in [5.74, 6) is 0.645. The van der Waals surface area contributed by atoms with Gasteiger partial charge in [0.1, 0.15) is 5.75 Å². The number of benzene rings is 1. The predicted molar refractivity (Wildman–Crippen MR) is 64.4 cm³/mol. The Balaban J connectivity index is 2.40. The van der Waals surface area contributed by atoms with Crippen LogP contribution in [0.15, 0.2) is 30.5 Å². The first-order chi connectivity index (χ1) is 8.11. The quantitative estimate of drug-likeness (QED) is 0.757. The molecule has 0 fully saturated rings. The van der Waals surface area contributed by atoms with E-state index in [-0.39, 0.29) is 5.78 Å². The maximum atomic E-state index is 12.2. The summed E-state index contributed by atoms with van der Waals surface area (Å²) in [4.78, 5) is 12.2. The van der Waals surface area contributed by atoms with Crippen LogP contribution in [0.3, 0.4) is 0 Å². The molecule has 0 saturated carbocycles. The Kier molecular flexibility index (Phi) is 2.95. The van der Waals surface area contributed by atoms with Crippen LogP contribution < -0.4 is 4.74 Å². The molecular formula is C13H14N2O2. The molecule has 0 aliphatic heterocycles. The number of aryl methyl sites for hydroxylation is 2. The lowest BCUT2D eigenvalue weighted by Gasteiger charge is -2.02. The Morgan fingerprint density at radius 3 is 2.76 bits per heavy atom. The van der Waals surface area contributed by atoms with Crippen LogP contribution in [-0.4, -0.2) is 22.7 Å². The van der Waals surface area contributed by atoms with Gasteiger partial charge in [-0.15, -0.1) is 0 Å². The number of ketones is 1. The molecule has 1 aromatic carbocycles. The highest BCUT2D eigenvalue weighted by Gasteiger charge is 2.14. The van der Waals surface area contributed by atoms with Crippen molar-refractivity contribution in [1.29, 1.82) is 0 Å². The number of carbonyl (C=O) groups excluding carboxylic acids is 1. The molecule has 0 atom stereocenters. The van der Waals surface area contributed by atoms with Crippen molar-refractivity contribution in [3.63, 3.8) is 0 Å². The molecule has 17 heavy (non-hydrogen) atoms. The Labute approximate surface area is 99.8 Å².